The Kier molecular flexibility index (Phi) is 60.4. The molecule has 0 aromatic carbocycles. The van der Waals surface area contributed by atoms with Crippen LogP contribution < -0.4 is 0 Å². The third-order valence-corrected chi connectivity index (χ3v) is 13.1. The van der Waals surface area contributed by atoms with Gasteiger partial charge in [0.05, 0.1) is 0 Å². The third-order valence-electron chi connectivity index (χ3n) is 13.1. The quantitative estimate of drug-likeness (QED) is 0.0261. The van der Waals surface area contributed by atoms with Crippen LogP contribution in [-0.4, -0.2) is 37.2 Å². The largest absolute Gasteiger partial charge is 0.462 e. The van der Waals surface area contributed by atoms with Gasteiger partial charge in [-0.1, -0.05) is 264 Å². The highest BCUT2D eigenvalue weighted by Crippen LogP contribution is 2.16. The highest BCUT2D eigenvalue weighted by molar-refractivity contribution is 5.71. The van der Waals surface area contributed by atoms with Gasteiger partial charge in [0.15, 0.2) is 6.10 Å². The molecule has 0 rings (SSSR count). The van der Waals surface area contributed by atoms with Gasteiger partial charge in [0.25, 0.3) is 0 Å². The second-order valence-corrected chi connectivity index (χ2v) is 20.5. The molecule has 1 atom stereocenters. The molecule has 77 heavy (non-hydrogen) atoms. The van der Waals surface area contributed by atoms with Gasteiger partial charge in [0.2, 0.25) is 0 Å². The molecule has 0 heterocycles. The lowest BCUT2D eigenvalue weighted by molar-refractivity contribution is -0.167. The molecule has 6 heteroatoms. The Labute approximate surface area is 475 Å². The van der Waals surface area contributed by atoms with Gasteiger partial charge in [-0.05, 0) is 128 Å². The fourth-order valence-corrected chi connectivity index (χ4v) is 8.50. The van der Waals surface area contributed by atoms with Crippen molar-refractivity contribution in [2.75, 3.05) is 13.2 Å². The summed E-state index contributed by atoms with van der Waals surface area (Å²) in [5.74, 6) is -0.928. The van der Waals surface area contributed by atoms with Gasteiger partial charge in [-0.25, -0.2) is 0 Å². The second-order valence-electron chi connectivity index (χ2n) is 20.5. The SMILES string of the molecule is CC/C=C\C/C=C\C/C=C\C/C=C\C/C=C\CCCCCCCCCCCCCCCC(=O)OCC(COC(=O)CCCCCCC/C=C\C/C=C\C/C=C\CC)OC(=O)CCCCCCC/C=C\C/C=C\C/C=C\CC. The number of hydrogen-bond acceptors (Lipinski definition) is 6. The smallest absolute Gasteiger partial charge is 0.306 e. The summed E-state index contributed by atoms with van der Waals surface area (Å²) >= 11 is 0. The van der Waals surface area contributed by atoms with Crippen LogP contribution in [0.3, 0.4) is 0 Å². The molecule has 0 fully saturated rings. The summed E-state index contributed by atoms with van der Waals surface area (Å²) in [6.07, 6.45) is 90.3. The summed E-state index contributed by atoms with van der Waals surface area (Å²) in [6.45, 7) is 6.28. The van der Waals surface area contributed by atoms with Gasteiger partial charge in [0, 0.05) is 19.3 Å². The zero-order valence-corrected chi connectivity index (χ0v) is 49.9. The molecule has 1 unspecified atom stereocenters. The third kappa shape index (κ3) is 62.3. The van der Waals surface area contributed by atoms with Crippen LogP contribution in [0.5, 0.6) is 0 Å². The standard InChI is InChI=1S/C71H116O6/c1-4-7-10-13-16-19-22-25-28-29-30-31-32-33-34-35-36-37-38-39-40-41-44-46-49-52-55-58-61-64-70(73)76-67-68(77-71(74)65-62-59-56-53-50-47-43-27-24-21-18-15-12-9-6-3)66-75-69(72)63-60-57-54-51-48-45-42-26-23-20-17-14-11-8-5-2/h7-12,16-21,25-28,30-31,33-34,42-43,68H,4-6,13-15,22-24,29,32,35-41,44-67H2,1-3H3/b10-7-,11-8-,12-9-,19-16-,20-17-,21-18-,28-25-,31-30-,34-33-,42-26-,43-27-. The van der Waals surface area contributed by atoms with Gasteiger partial charge in [-0.15, -0.1) is 0 Å². The molecule has 0 aliphatic rings. The molecule has 0 amide bonds. The molecule has 0 aliphatic heterocycles. The maximum Gasteiger partial charge on any atom is 0.306 e. The molecule has 0 radical (unpaired) electrons. The van der Waals surface area contributed by atoms with E-state index in [9.17, 15) is 14.4 Å². The van der Waals surface area contributed by atoms with E-state index in [0.717, 1.165) is 167 Å². The van der Waals surface area contributed by atoms with Gasteiger partial charge < -0.3 is 14.2 Å². The van der Waals surface area contributed by atoms with Crippen LogP contribution in [0, 0.1) is 0 Å². The first kappa shape index (κ1) is 72.5. The van der Waals surface area contributed by atoms with E-state index in [0.29, 0.717) is 19.3 Å². The first-order chi connectivity index (χ1) is 38.0. The zero-order valence-electron chi connectivity index (χ0n) is 49.9. The lowest BCUT2D eigenvalue weighted by Gasteiger charge is -2.18. The second kappa shape index (κ2) is 64.1. The maximum atomic E-state index is 12.9. The first-order valence-corrected chi connectivity index (χ1v) is 31.7. The molecule has 0 aromatic heterocycles. The normalized spacial score (nSPS) is 13.0. The number of allylic oxidation sites excluding steroid dienone is 22. The lowest BCUT2D eigenvalue weighted by Crippen LogP contribution is -2.30. The Hall–Kier alpha value is -4.45. The summed E-state index contributed by atoms with van der Waals surface area (Å²) in [4.78, 5) is 38.3. The Morgan fingerprint density at radius 2 is 0.468 bits per heavy atom. The summed E-state index contributed by atoms with van der Waals surface area (Å²) in [7, 11) is 0. The van der Waals surface area contributed by atoms with E-state index in [1.807, 2.05) is 0 Å². The van der Waals surface area contributed by atoms with Crippen LogP contribution in [0.1, 0.15) is 278 Å². The molecular formula is C71H116O6. The minimum atomic E-state index is -0.800. The van der Waals surface area contributed by atoms with Crippen molar-refractivity contribution in [3.8, 4) is 0 Å². The Bertz CT molecular complexity index is 1650. The average Bonchev–Trinajstić information content (AvgIpc) is 3.43. The number of carbonyl (C=O) groups is 3. The number of esters is 3. The summed E-state index contributed by atoms with van der Waals surface area (Å²) < 4.78 is 16.9. The molecule has 6 nitrogen and oxygen atoms in total. The van der Waals surface area contributed by atoms with Crippen LogP contribution in [0.15, 0.2) is 134 Å². The van der Waals surface area contributed by atoms with E-state index in [2.05, 4.69) is 154 Å². The van der Waals surface area contributed by atoms with Crippen LogP contribution in [0.25, 0.3) is 0 Å². The van der Waals surface area contributed by atoms with E-state index in [4.69, 9.17) is 14.2 Å². The molecule has 0 saturated carbocycles. The van der Waals surface area contributed by atoms with Crippen LogP contribution in [-0.2, 0) is 28.6 Å². The predicted octanol–water partition coefficient (Wildman–Crippen LogP) is 21.8. The molecule has 0 aliphatic carbocycles. The lowest BCUT2D eigenvalue weighted by atomic mass is 10.0. The van der Waals surface area contributed by atoms with E-state index in [1.54, 1.807) is 0 Å². The summed E-state index contributed by atoms with van der Waals surface area (Å²) in [5.41, 5.74) is 0. The molecule has 0 aromatic rings. The molecular weight excluding hydrogens is 949 g/mol. The van der Waals surface area contributed by atoms with Gasteiger partial charge in [-0.3, -0.25) is 14.4 Å². The summed E-state index contributed by atoms with van der Waals surface area (Å²) in [6, 6.07) is 0. The van der Waals surface area contributed by atoms with Gasteiger partial charge in [0.1, 0.15) is 13.2 Å². The van der Waals surface area contributed by atoms with Crippen LogP contribution in [0.4, 0.5) is 0 Å². The van der Waals surface area contributed by atoms with E-state index < -0.39 is 6.10 Å². The number of carbonyl (C=O) groups excluding carboxylic acids is 3. The number of hydrogen-bond donors (Lipinski definition) is 0. The zero-order chi connectivity index (χ0) is 55.7. The van der Waals surface area contributed by atoms with Crippen molar-refractivity contribution >= 4 is 17.9 Å². The fraction of sp³-hybridized carbons (Fsp3) is 0.648. The topological polar surface area (TPSA) is 78.9 Å². The number of ether oxygens (including phenoxy) is 3. The molecule has 0 saturated heterocycles. The maximum absolute atomic E-state index is 12.9. The molecule has 0 N–H and O–H groups in total. The Morgan fingerprint density at radius 3 is 0.727 bits per heavy atom. The molecule has 0 bridgehead atoms. The van der Waals surface area contributed by atoms with Crippen LogP contribution >= 0.6 is 0 Å². The Balaban J connectivity index is 4.30. The van der Waals surface area contributed by atoms with Crippen molar-refractivity contribution in [1.82, 2.24) is 0 Å². The van der Waals surface area contributed by atoms with Gasteiger partial charge in [-0.2, -0.15) is 0 Å². The highest BCUT2D eigenvalue weighted by atomic mass is 16.6. The van der Waals surface area contributed by atoms with Crippen molar-refractivity contribution in [3.05, 3.63) is 134 Å². The minimum absolute atomic E-state index is 0.0940. The van der Waals surface area contributed by atoms with Crippen molar-refractivity contribution in [2.45, 2.75) is 284 Å². The van der Waals surface area contributed by atoms with Crippen molar-refractivity contribution in [2.24, 2.45) is 0 Å². The molecule has 436 valence electrons. The van der Waals surface area contributed by atoms with Crippen molar-refractivity contribution < 1.29 is 28.6 Å². The predicted molar refractivity (Wildman–Crippen MR) is 334 cm³/mol. The minimum Gasteiger partial charge on any atom is -0.462 e. The number of rotatable bonds is 56. The summed E-state index contributed by atoms with van der Waals surface area (Å²) in [5, 5.41) is 0. The van der Waals surface area contributed by atoms with Crippen LogP contribution in [0.2, 0.25) is 0 Å². The van der Waals surface area contributed by atoms with E-state index >= 15 is 0 Å². The number of unbranched alkanes of at least 4 members (excludes halogenated alkanes) is 23. The first-order valence-electron chi connectivity index (χ1n) is 31.7. The van der Waals surface area contributed by atoms with Crippen molar-refractivity contribution in [1.29, 1.82) is 0 Å². The van der Waals surface area contributed by atoms with E-state index in [1.165, 1.54) is 70.6 Å². The monoisotopic (exact) mass is 1060 g/mol. The Morgan fingerprint density at radius 1 is 0.260 bits per heavy atom. The van der Waals surface area contributed by atoms with Gasteiger partial charge >= 0.3 is 17.9 Å². The van der Waals surface area contributed by atoms with E-state index in [-0.39, 0.29) is 31.1 Å². The average molecular weight is 1070 g/mol. The highest BCUT2D eigenvalue weighted by Gasteiger charge is 2.19. The van der Waals surface area contributed by atoms with Crippen molar-refractivity contribution in [3.63, 3.8) is 0 Å². The molecule has 0 spiro atoms. The fourth-order valence-electron chi connectivity index (χ4n) is 8.50.